The fourth-order valence-corrected chi connectivity index (χ4v) is 3.72. The maximum atomic E-state index is 12.6. The average Bonchev–Trinajstić information content (AvgIpc) is 2.79. The Balaban J connectivity index is 2.07. The second-order valence-corrected chi connectivity index (χ2v) is 7.17. The zero-order chi connectivity index (χ0) is 15.9. The Morgan fingerprint density at radius 2 is 2.09 bits per heavy atom. The van der Waals surface area contributed by atoms with Crippen LogP contribution in [0.25, 0.3) is 6.08 Å². The topological polar surface area (TPSA) is 33.2 Å². The zero-order valence-electron chi connectivity index (χ0n) is 13.1. The second kappa shape index (κ2) is 8.44. The van der Waals surface area contributed by atoms with Gasteiger partial charge in [-0.2, -0.15) is 0 Å². The van der Waals surface area contributed by atoms with Gasteiger partial charge < -0.3 is 0 Å². The highest BCUT2D eigenvalue weighted by Gasteiger charge is 2.33. The zero-order valence-corrected chi connectivity index (χ0v) is 14.8. The summed E-state index contributed by atoms with van der Waals surface area (Å²) in [7, 11) is 0. The van der Waals surface area contributed by atoms with Crippen molar-refractivity contribution in [3.8, 4) is 0 Å². The molecule has 1 aliphatic heterocycles. The number of pyridine rings is 1. The Bertz CT molecular complexity index is 557. The van der Waals surface area contributed by atoms with Gasteiger partial charge in [0.05, 0.1) is 4.91 Å². The van der Waals surface area contributed by atoms with E-state index in [0.29, 0.717) is 15.1 Å². The molecule has 1 aromatic heterocycles. The molecule has 2 heterocycles. The molecule has 0 N–H and O–H groups in total. The molecular formula is C17H22N2OS2. The Labute approximate surface area is 142 Å². The summed E-state index contributed by atoms with van der Waals surface area (Å²) in [6.45, 7) is 5.13. The van der Waals surface area contributed by atoms with Gasteiger partial charge in [-0.15, -0.1) is 0 Å². The van der Waals surface area contributed by atoms with Crippen molar-refractivity contribution in [2.75, 3.05) is 6.54 Å². The van der Waals surface area contributed by atoms with Gasteiger partial charge in [0.2, 0.25) is 0 Å². The van der Waals surface area contributed by atoms with Gasteiger partial charge in [-0.25, -0.2) is 0 Å². The summed E-state index contributed by atoms with van der Waals surface area (Å²) in [5, 5.41) is 0. The minimum absolute atomic E-state index is 0.0433. The van der Waals surface area contributed by atoms with Crippen molar-refractivity contribution in [3.05, 3.63) is 35.0 Å². The highest BCUT2D eigenvalue weighted by molar-refractivity contribution is 8.26. The molecule has 1 aliphatic rings. The van der Waals surface area contributed by atoms with Crippen LogP contribution < -0.4 is 0 Å². The first-order chi connectivity index (χ1) is 10.7. The minimum atomic E-state index is 0.0433. The quantitative estimate of drug-likeness (QED) is 0.543. The number of unbranched alkanes of at least 4 members (excludes halogenated alkanes) is 1. The highest BCUT2D eigenvalue weighted by atomic mass is 32.2. The number of hydrogen-bond acceptors (Lipinski definition) is 4. The third kappa shape index (κ3) is 4.40. The fraction of sp³-hybridized carbons (Fsp3) is 0.471. The fourth-order valence-electron chi connectivity index (χ4n) is 2.44. The Hall–Kier alpha value is -1.20. The lowest BCUT2D eigenvalue weighted by atomic mass is 9.99. The number of hydrogen-bond donors (Lipinski definition) is 0. The number of rotatable bonds is 7. The molecule has 0 radical (unpaired) electrons. The molecular weight excluding hydrogens is 312 g/mol. The number of aromatic nitrogens is 1. The standard InChI is InChI=1S/C17H22N2OS2/c1-3-5-6-13(4-2)12-19-16(20)15(22-17(19)21)11-14-7-9-18-10-8-14/h7-11,13H,3-6,12H2,1-2H3/b15-11+. The van der Waals surface area contributed by atoms with Gasteiger partial charge in [0.1, 0.15) is 4.32 Å². The van der Waals surface area contributed by atoms with Crippen LogP contribution in [0.15, 0.2) is 29.4 Å². The molecule has 22 heavy (non-hydrogen) atoms. The first kappa shape index (κ1) is 17.2. The lowest BCUT2D eigenvalue weighted by molar-refractivity contribution is -0.122. The van der Waals surface area contributed by atoms with Crippen LogP contribution in [0.2, 0.25) is 0 Å². The van der Waals surface area contributed by atoms with Crippen molar-refractivity contribution in [1.82, 2.24) is 9.88 Å². The largest absolute Gasteiger partial charge is 0.293 e. The van der Waals surface area contributed by atoms with Crippen LogP contribution in [0.4, 0.5) is 0 Å². The van der Waals surface area contributed by atoms with Crippen LogP contribution in [0.3, 0.4) is 0 Å². The first-order valence-corrected chi connectivity index (χ1v) is 9.03. The van der Waals surface area contributed by atoms with Gasteiger partial charge in [-0.05, 0) is 36.1 Å². The molecule has 1 saturated heterocycles. The van der Waals surface area contributed by atoms with Crippen molar-refractivity contribution in [2.45, 2.75) is 39.5 Å². The highest BCUT2D eigenvalue weighted by Crippen LogP contribution is 2.33. The molecule has 1 amide bonds. The molecule has 0 aromatic carbocycles. The van der Waals surface area contributed by atoms with Crippen molar-refractivity contribution in [2.24, 2.45) is 5.92 Å². The number of amides is 1. The molecule has 1 atom stereocenters. The minimum Gasteiger partial charge on any atom is -0.293 e. The molecule has 0 spiro atoms. The van der Waals surface area contributed by atoms with Gasteiger partial charge in [0.15, 0.2) is 0 Å². The van der Waals surface area contributed by atoms with Gasteiger partial charge >= 0.3 is 0 Å². The van der Waals surface area contributed by atoms with Crippen LogP contribution >= 0.6 is 24.0 Å². The molecule has 1 unspecified atom stereocenters. The predicted molar refractivity (Wildman–Crippen MR) is 97.4 cm³/mol. The summed E-state index contributed by atoms with van der Waals surface area (Å²) in [4.78, 5) is 19.1. The molecule has 5 heteroatoms. The molecule has 2 rings (SSSR count). The van der Waals surface area contributed by atoms with Crippen LogP contribution in [-0.2, 0) is 4.79 Å². The van der Waals surface area contributed by atoms with Gasteiger partial charge in [0, 0.05) is 18.9 Å². The molecule has 118 valence electrons. The number of carbonyl (C=O) groups is 1. The normalized spacial score (nSPS) is 18.3. The number of carbonyl (C=O) groups excluding carboxylic acids is 1. The van der Waals surface area contributed by atoms with Gasteiger partial charge in [-0.1, -0.05) is 57.1 Å². The van der Waals surface area contributed by atoms with Crippen LogP contribution in [0, 0.1) is 5.92 Å². The van der Waals surface area contributed by atoms with E-state index in [1.807, 2.05) is 18.2 Å². The Morgan fingerprint density at radius 3 is 2.73 bits per heavy atom. The predicted octanol–water partition coefficient (Wildman–Crippen LogP) is 4.50. The smallest absolute Gasteiger partial charge is 0.266 e. The Kier molecular flexibility index (Phi) is 6.58. The molecule has 3 nitrogen and oxygen atoms in total. The van der Waals surface area contributed by atoms with Crippen molar-refractivity contribution in [3.63, 3.8) is 0 Å². The second-order valence-electron chi connectivity index (χ2n) is 5.49. The summed E-state index contributed by atoms with van der Waals surface area (Å²) in [6, 6.07) is 3.78. The molecule has 1 fully saturated rings. The maximum absolute atomic E-state index is 12.6. The summed E-state index contributed by atoms with van der Waals surface area (Å²) >= 11 is 6.81. The molecule has 1 aromatic rings. The third-order valence-corrected chi connectivity index (χ3v) is 5.24. The number of thiocarbonyl (C=S) groups is 1. The van der Waals surface area contributed by atoms with Crippen LogP contribution in [0.5, 0.6) is 0 Å². The van der Waals surface area contributed by atoms with Crippen molar-refractivity contribution in [1.29, 1.82) is 0 Å². The van der Waals surface area contributed by atoms with E-state index in [2.05, 4.69) is 18.8 Å². The van der Waals surface area contributed by atoms with E-state index in [1.54, 1.807) is 17.3 Å². The van der Waals surface area contributed by atoms with E-state index in [0.717, 1.165) is 24.9 Å². The summed E-state index contributed by atoms with van der Waals surface area (Å²) in [6.07, 6.45) is 9.99. The summed E-state index contributed by atoms with van der Waals surface area (Å²) in [5.74, 6) is 0.574. The number of nitrogens with zero attached hydrogens (tertiary/aromatic N) is 2. The van der Waals surface area contributed by atoms with E-state index in [-0.39, 0.29) is 5.91 Å². The summed E-state index contributed by atoms with van der Waals surface area (Å²) < 4.78 is 0.681. The molecule has 0 aliphatic carbocycles. The Morgan fingerprint density at radius 1 is 1.36 bits per heavy atom. The monoisotopic (exact) mass is 334 g/mol. The van der Waals surface area contributed by atoms with E-state index in [1.165, 1.54) is 24.6 Å². The van der Waals surface area contributed by atoms with Crippen LogP contribution in [0.1, 0.15) is 45.1 Å². The maximum Gasteiger partial charge on any atom is 0.266 e. The van der Waals surface area contributed by atoms with E-state index in [4.69, 9.17) is 12.2 Å². The van der Waals surface area contributed by atoms with E-state index in [9.17, 15) is 4.79 Å². The number of thioether (sulfide) groups is 1. The first-order valence-electron chi connectivity index (χ1n) is 7.81. The van der Waals surface area contributed by atoms with Crippen molar-refractivity contribution < 1.29 is 4.79 Å². The van der Waals surface area contributed by atoms with Crippen LogP contribution in [-0.4, -0.2) is 26.7 Å². The third-order valence-electron chi connectivity index (χ3n) is 3.86. The SMILES string of the molecule is CCCCC(CC)CN1C(=O)/C(=C\c2ccncc2)SC1=S. The molecule has 0 saturated carbocycles. The van der Waals surface area contributed by atoms with Crippen molar-refractivity contribution >= 4 is 40.3 Å². The van der Waals surface area contributed by atoms with E-state index < -0.39 is 0 Å². The summed E-state index contributed by atoms with van der Waals surface area (Å²) in [5.41, 5.74) is 0.980. The lowest BCUT2D eigenvalue weighted by Crippen LogP contribution is -2.33. The van der Waals surface area contributed by atoms with E-state index >= 15 is 0 Å². The lowest BCUT2D eigenvalue weighted by Gasteiger charge is -2.21. The molecule has 0 bridgehead atoms. The van der Waals surface area contributed by atoms with Gasteiger partial charge in [-0.3, -0.25) is 14.7 Å². The van der Waals surface area contributed by atoms with Gasteiger partial charge in [0.25, 0.3) is 5.91 Å². The average molecular weight is 335 g/mol.